The molecule has 0 spiro atoms. The van der Waals surface area contributed by atoms with Crippen LogP contribution in [0.1, 0.15) is 5.56 Å². The van der Waals surface area contributed by atoms with Crippen LogP contribution in [0.3, 0.4) is 0 Å². The lowest BCUT2D eigenvalue weighted by atomic mass is 10.2. The minimum Gasteiger partial charge on any atom is -0.308 e. The molecule has 0 amide bonds. The topological polar surface area (TPSA) is 6.48 Å². The standard InChI is InChI=1S/C9H12N2/c1-10-7-8-5-3-4-6-9(8)11(10)2/h3-6H,7H2,1-2H3. The number of fused-ring (bicyclic) bond motifs is 1. The molecule has 0 atom stereocenters. The van der Waals surface area contributed by atoms with Crippen molar-refractivity contribution in [3.05, 3.63) is 29.8 Å². The molecule has 0 aliphatic carbocycles. The zero-order valence-corrected chi connectivity index (χ0v) is 6.91. The molecule has 0 bridgehead atoms. The number of rotatable bonds is 0. The fraction of sp³-hybridized carbons (Fsp3) is 0.333. The summed E-state index contributed by atoms with van der Waals surface area (Å²) in [6.07, 6.45) is 0. The third-order valence-corrected chi connectivity index (χ3v) is 2.25. The van der Waals surface area contributed by atoms with Crippen molar-refractivity contribution in [3.8, 4) is 0 Å². The van der Waals surface area contributed by atoms with Crippen LogP contribution in [0.4, 0.5) is 5.69 Å². The summed E-state index contributed by atoms with van der Waals surface area (Å²) in [5.74, 6) is 0. The second kappa shape index (κ2) is 2.24. The smallest absolute Gasteiger partial charge is 0.0564 e. The summed E-state index contributed by atoms with van der Waals surface area (Å²) in [6.45, 7) is 1.03. The second-order valence-corrected chi connectivity index (χ2v) is 2.97. The van der Waals surface area contributed by atoms with Gasteiger partial charge >= 0.3 is 0 Å². The number of para-hydroxylation sites is 1. The number of benzene rings is 1. The monoisotopic (exact) mass is 148 g/mol. The van der Waals surface area contributed by atoms with Gasteiger partial charge in [-0.1, -0.05) is 18.2 Å². The fourth-order valence-electron chi connectivity index (χ4n) is 1.50. The van der Waals surface area contributed by atoms with Gasteiger partial charge in [-0.05, 0) is 11.6 Å². The highest BCUT2D eigenvalue weighted by molar-refractivity contribution is 5.55. The molecule has 0 fully saturated rings. The zero-order chi connectivity index (χ0) is 7.84. The van der Waals surface area contributed by atoms with E-state index in [1.165, 1.54) is 11.3 Å². The van der Waals surface area contributed by atoms with E-state index in [2.05, 4.69) is 48.4 Å². The Hall–Kier alpha value is -1.02. The molecule has 1 aliphatic heterocycles. The van der Waals surface area contributed by atoms with E-state index in [4.69, 9.17) is 0 Å². The number of hydrogen-bond donors (Lipinski definition) is 0. The predicted octanol–water partition coefficient (Wildman–Crippen LogP) is 1.48. The van der Waals surface area contributed by atoms with E-state index < -0.39 is 0 Å². The first-order chi connectivity index (χ1) is 5.29. The molecule has 11 heavy (non-hydrogen) atoms. The lowest BCUT2D eigenvalue weighted by molar-refractivity contribution is 0.345. The van der Waals surface area contributed by atoms with Crippen molar-refractivity contribution in [1.82, 2.24) is 5.01 Å². The second-order valence-electron chi connectivity index (χ2n) is 2.97. The van der Waals surface area contributed by atoms with Gasteiger partial charge in [-0.15, -0.1) is 0 Å². The summed E-state index contributed by atoms with van der Waals surface area (Å²) in [5, 5.41) is 4.38. The van der Waals surface area contributed by atoms with Gasteiger partial charge in [0.1, 0.15) is 0 Å². The van der Waals surface area contributed by atoms with Crippen LogP contribution in [-0.4, -0.2) is 19.1 Å². The molecule has 0 saturated carbocycles. The van der Waals surface area contributed by atoms with Crippen LogP contribution < -0.4 is 5.01 Å². The first-order valence-electron chi connectivity index (χ1n) is 3.82. The first kappa shape index (κ1) is 6.68. The molecule has 0 unspecified atom stereocenters. The van der Waals surface area contributed by atoms with Crippen molar-refractivity contribution in [2.24, 2.45) is 0 Å². The predicted molar refractivity (Wildman–Crippen MR) is 46.3 cm³/mol. The quantitative estimate of drug-likeness (QED) is 0.550. The maximum atomic E-state index is 2.20. The van der Waals surface area contributed by atoms with Crippen molar-refractivity contribution in [1.29, 1.82) is 0 Å². The van der Waals surface area contributed by atoms with Gasteiger partial charge in [0.2, 0.25) is 0 Å². The summed E-state index contributed by atoms with van der Waals surface area (Å²) in [5.41, 5.74) is 2.74. The first-order valence-corrected chi connectivity index (χ1v) is 3.82. The minimum atomic E-state index is 1.03. The summed E-state index contributed by atoms with van der Waals surface area (Å²) in [6, 6.07) is 8.49. The van der Waals surface area contributed by atoms with Gasteiger partial charge in [0.15, 0.2) is 0 Å². The molecule has 2 heteroatoms. The Balaban J connectivity index is 2.47. The number of anilines is 1. The Morgan fingerprint density at radius 2 is 1.91 bits per heavy atom. The third-order valence-electron chi connectivity index (χ3n) is 2.25. The van der Waals surface area contributed by atoms with Gasteiger partial charge < -0.3 is 5.01 Å². The summed E-state index contributed by atoms with van der Waals surface area (Å²) >= 11 is 0. The Bertz CT molecular complexity index is 270. The molecular formula is C9H12N2. The molecule has 1 aromatic carbocycles. The Morgan fingerprint density at radius 1 is 1.18 bits per heavy atom. The average molecular weight is 148 g/mol. The van der Waals surface area contributed by atoms with E-state index in [0.29, 0.717) is 0 Å². The fourth-order valence-corrected chi connectivity index (χ4v) is 1.50. The molecule has 1 aromatic rings. The van der Waals surface area contributed by atoms with E-state index in [0.717, 1.165) is 6.54 Å². The van der Waals surface area contributed by atoms with Crippen LogP contribution in [0.15, 0.2) is 24.3 Å². The number of hydrazine groups is 1. The van der Waals surface area contributed by atoms with Crippen LogP contribution in [0.5, 0.6) is 0 Å². The average Bonchev–Trinajstić information content (AvgIpc) is 2.30. The molecule has 0 saturated heterocycles. The van der Waals surface area contributed by atoms with E-state index in [1.807, 2.05) is 0 Å². The summed E-state index contributed by atoms with van der Waals surface area (Å²) in [7, 11) is 4.19. The molecule has 1 heterocycles. The molecule has 0 aromatic heterocycles. The van der Waals surface area contributed by atoms with Gasteiger partial charge in [0.25, 0.3) is 0 Å². The lowest BCUT2D eigenvalue weighted by Crippen LogP contribution is -2.29. The van der Waals surface area contributed by atoms with Crippen LogP contribution in [0.2, 0.25) is 0 Å². The molecule has 1 aliphatic rings. The van der Waals surface area contributed by atoms with Crippen molar-refractivity contribution in [2.45, 2.75) is 6.54 Å². The van der Waals surface area contributed by atoms with Crippen molar-refractivity contribution < 1.29 is 0 Å². The Morgan fingerprint density at radius 3 is 2.64 bits per heavy atom. The maximum absolute atomic E-state index is 2.20. The van der Waals surface area contributed by atoms with Crippen molar-refractivity contribution in [2.75, 3.05) is 19.1 Å². The highest BCUT2D eigenvalue weighted by Gasteiger charge is 2.18. The van der Waals surface area contributed by atoms with Crippen molar-refractivity contribution >= 4 is 5.69 Å². The van der Waals surface area contributed by atoms with E-state index in [-0.39, 0.29) is 0 Å². The summed E-state index contributed by atoms with van der Waals surface area (Å²) in [4.78, 5) is 0. The van der Waals surface area contributed by atoms with Crippen LogP contribution in [0.25, 0.3) is 0 Å². The molecule has 0 N–H and O–H groups in total. The SMILES string of the molecule is CN1Cc2ccccc2N1C. The normalized spacial score (nSPS) is 17.1. The van der Waals surface area contributed by atoms with E-state index in [9.17, 15) is 0 Å². The largest absolute Gasteiger partial charge is 0.308 e. The van der Waals surface area contributed by atoms with Crippen LogP contribution >= 0.6 is 0 Å². The number of hydrogen-bond acceptors (Lipinski definition) is 2. The maximum Gasteiger partial charge on any atom is 0.0564 e. The van der Waals surface area contributed by atoms with Gasteiger partial charge in [0.05, 0.1) is 5.69 Å². The Kier molecular flexibility index (Phi) is 1.36. The van der Waals surface area contributed by atoms with Crippen LogP contribution in [0, 0.1) is 0 Å². The highest BCUT2D eigenvalue weighted by atomic mass is 15.6. The number of nitrogens with zero attached hydrogens (tertiary/aromatic N) is 2. The molecule has 2 rings (SSSR count). The van der Waals surface area contributed by atoms with Gasteiger partial charge in [-0.25, -0.2) is 5.01 Å². The molecule has 2 nitrogen and oxygen atoms in total. The molecule has 58 valence electrons. The molecule has 0 radical (unpaired) electrons. The lowest BCUT2D eigenvalue weighted by Gasteiger charge is -2.20. The van der Waals surface area contributed by atoms with Crippen LogP contribution in [-0.2, 0) is 6.54 Å². The summed E-state index contributed by atoms with van der Waals surface area (Å²) < 4.78 is 0. The van der Waals surface area contributed by atoms with Gasteiger partial charge in [-0.3, -0.25) is 0 Å². The van der Waals surface area contributed by atoms with E-state index in [1.54, 1.807) is 0 Å². The van der Waals surface area contributed by atoms with Gasteiger partial charge in [-0.2, -0.15) is 0 Å². The van der Waals surface area contributed by atoms with Crippen molar-refractivity contribution in [3.63, 3.8) is 0 Å². The van der Waals surface area contributed by atoms with Gasteiger partial charge in [0, 0.05) is 20.6 Å². The minimum absolute atomic E-state index is 1.03. The molecular weight excluding hydrogens is 136 g/mol. The zero-order valence-electron chi connectivity index (χ0n) is 6.91. The third kappa shape index (κ3) is 0.906. The van der Waals surface area contributed by atoms with E-state index >= 15 is 0 Å². The Labute approximate surface area is 67.0 Å². The highest BCUT2D eigenvalue weighted by Crippen LogP contribution is 2.27.